The highest BCUT2D eigenvalue weighted by atomic mass is 32.2. The summed E-state index contributed by atoms with van der Waals surface area (Å²) in [5.41, 5.74) is 0.723. The summed E-state index contributed by atoms with van der Waals surface area (Å²) < 4.78 is 1.79. The van der Waals surface area contributed by atoms with E-state index < -0.39 is 0 Å². The van der Waals surface area contributed by atoms with Gasteiger partial charge in [0.15, 0.2) is 0 Å². The van der Waals surface area contributed by atoms with Gasteiger partial charge in [-0.15, -0.1) is 0 Å². The Morgan fingerprint density at radius 1 is 1.32 bits per heavy atom. The predicted octanol–water partition coefficient (Wildman–Crippen LogP) is 1.93. The number of hydroxylamine groups is 1. The van der Waals surface area contributed by atoms with E-state index in [-0.39, 0.29) is 5.91 Å². The van der Waals surface area contributed by atoms with Crippen LogP contribution in [0.25, 0.3) is 0 Å². The van der Waals surface area contributed by atoms with Gasteiger partial charge in [0.1, 0.15) is 6.26 Å². The Kier molecular flexibility index (Phi) is 3.82. The topological polar surface area (TPSA) is 53.6 Å². The fourth-order valence-electron chi connectivity index (χ4n) is 3.39. The third-order valence-electron chi connectivity index (χ3n) is 4.53. The Hall–Kier alpha value is -1.50. The van der Waals surface area contributed by atoms with Crippen LogP contribution < -0.4 is 10.6 Å². The molecule has 1 saturated carbocycles. The first kappa shape index (κ1) is 14.1. The van der Waals surface area contributed by atoms with Crippen LogP contribution in [-0.2, 0) is 4.84 Å². The normalized spacial score (nSPS) is 29.7. The van der Waals surface area contributed by atoms with Gasteiger partial charge in [-0.3, -0.25) is 4.79 Å². The lowest BCUT2D eigenvalue weighted by Crippen LogP contribution is -2.44. The fourth-order valence-corrected chi connectivity index (χ4v) is 4.14. The quantitative estimate of drug-likeness (QED) is 0.831. The second-order valence-corrected chi connectivity index (χ2v) is 7.09. The molecule has 5 nitrogen and oxygen atoms in total. The molecule has 116 valence electrons. The van der Waals surface area contributed by atoms with Crippen LogP contribution in [0.4, 0.5) is 0 Å². The van der Waals surface area contributed by atoms with Gasteiger partial charge in [0.25, 0.3) is 5.91 Å². The van der Waals surface area contributed by atoms with E-state index in [1.165, 1.54) is 18.4 Å². The molecule has 1 aromatic carbocycles. The zero-order valence-electron chi connectivity index (χ0n) is 12.2. The van der Waals surface area contributed by atoms with E-state index >= 15 is 0 Å². The number of carbonyl (C=O) groups is 1. The lowest BCUT2D eigenvalue weighted by atomic mass is 10.0. The molecule has 4 rings (SSSR count). The van der Waals surface area contributed by atoms with Crippen molar-refractivity contribution in [2.45, 2.75) is 29.8 Å². The number of carbonyl (C=O) groups excluding carboxylic acids is 1. The van der Waals surface area contributed by atoms with Gasteiger partial charge in [-0.05, 0) is 61.0 Å². The maximum absolute atomic E-state index is 12.3. The van der Waals surface area contributed by atoms with E-state index in [2.05, 4.69) is 10.6 Å². The molecule has 0 radical (unpaired) electrons. The van der Waals surface area contributed by atoms with Crippen molar-refractivity contribution in [2.24, 2.45) is 5.92 Å². The number of hydrogen-bond acceptors (Lipinski definition) is 5. The van der Waals surface area contributed by atoms with Crippen LogP contribution in [-0.4, -0.2) is 35.5 Å². The summed E-state index contributed by atoms with van der Waals surface area (Å²) in [5.74, 6) is 0.636. The molecule has 22 heavy (non-hydrogen) atoms. The van der Waals surface area contributed by atoms with Crippen molar-refractivity contribution in [1.29, 1.82) is 0 Å². The number of fused-ring (bicyclic) bond motifs is 2. The van der Waals surface area contributed by atoms with Crippen molar-refractivity contribution < 1.29 is 9.63 Å². The minimum atomic E-state index is 0.0354. The summed E-state index contributed by atoms with van der Waals surface area (Å²) in [6.07, 6.45) is 5.89. The molecule has 2 heterocycles. The SMILES string of the molecule is O=C(NC1CC2CC1CN2)c1ccc(SN2CC=CO2)cc1. The van der Waals surface area contributed by atoms with Crippen LogP contribution in [0.5, 0.6) is 0 Å². The molecule has 1 aliphatic carbocycles. The van der Waals surface area contributed by atoms with Crippen molar-refractivity contribution in [3.63, 3.8) is 0 Å². The standard InChI is InChI=1S/C16H19N3O2S/c20-16(18-15-9-13-8-12(15)10-17-13)11-2-4-14(5-3-11)22-19-6-1-7-21-19/h1-5,7,12-13,15,17H,6,8-10H2,(H,18,20). The van der Waals surface area contributed by atoms with E-state index in [4.69, 9.17) is 4.84 Å². The van der Waals surface area contributed by atoms with Crippen molar-refractivity contribution in [3.05, 3.63) is 42.2 Å². The number of piperidine rings is 1. The van der Waals surface area contributed by atoms with Crippen LogP contribution in [0.3, 0.4) is 0 Å². The van der Waals surface area contributed by atoms with E-state index in [0.29, 0.717) is 18.0 Å². The average molecular weight is 317 g/mol. The molecule has 3 aliphatic rings. The maximum Gasteiger partial charge on any atom is 0.251 e. The first-order chi connectivity index (χ1) is 10.8. The molecule has 3 unspecified atom stereocenters. The van der Waals surface area contributed by atoms with Crippen molar-refractivity contribution in [1.82, 2.24) is 15.1 Å². The Morgan fingerprint density at radius 3 is 2.82 bits per heavy atom. The second kappa shape index (κ2) is 5.95. The molecule has 2 aliphatic heterocycles. The van der Waals surface area contributed by atoms with Gasteiger partial charge >= 0.3 is 0 Å². The molecule has 1 aromatic rings. The average Bonchev–Trinajstić information content (AvgIpc) is 3.25. The van der Waals surface area contributed by atoms with E-state index in [1.54, 1.807) is 10.7 Å². The second-order valence-electron chi connectivity index (χ2n) is 6.02. The number of hydrogen-bond donors (Lipinski definition) is 2. The van der Waals surface area contributed by atoms with Crippen molar-refractivity contribution >= 4 is 17.9 Å². The number of rotatable bonds is 4. The molecule has 2 bridgehead atoms. The monoisotopic (exact) mass is 317 g/mol. The summed E-state index contributed by atoms with van der Waals surface area (Å²) in [6.45, 7) is 1.81. The summed E-state index contributed by atoms with van der Waals surface area (Å²) >= 11 is 1.52. The Bertz CT molecular complexity index is 582. The minimum absolute atomic E-state index is 0.0354. The maximum atomic E-state index is 12.3. The van der Waals surface area contributed by atoms with Crippen LogP contribution in [0.2, 0.25) is 0 Å². The molecular formula is C16H19N3O2S. The Labute approximate surface area is 134 Å². The molecule has 3 atom stereocenters. The van der Waals surface area contributed by atoms with Gasteiger partial charge in [0.05, 0.1) is 6.54 Å². The lowest BCUT2D eigenvalue weighted by Gasteiger charge is -2.23. The van der Waals surface area contributed by atoms with E-state index in [0.717, 1.165) is 30.0 Å². The number of benzene rings is 1. The summed E-state index contributed by atoms with van der Waals surface area (Å²) in [4.78, 5) is 18.7. The number of nitrogens with zero attached hydrogens (tertiary/aromatic N) is 1. The lowest BCUT2D eigenvalue weighted by molar-refractivity contribution is 0.0290. The summed E-state index contributed by atoms with van der Waals surface area (Å²) in [7, 11) is 0. The highest BCUT2D eigenvalue weighted by Crippen LogP contribution is 2.31. The summed E-state index contributed by atoms with van der Waals surface area (Å²) in [5, 5.41) is 6.65. The smallest absolute Gasteiger partial charge is 0.251 e. The number of amides is 1. The van der Waals surface area contributed by atoms with Crippen LogP contribution in [0, 0.1) is 5.92 Å². The zero-order valence-corrected chi connectivity index (χ0v) is 13.0. The molecule has 2 N–H and O–H groups in total. The van der Waals surface area contributed by atoms with Gasteiger partial charge in [0.2, 0.25) is 0 Å². The third-order valence-corrected chi connectivity index (χ3v) is 5.45. The highest BCUT2D eigenvalue weighted by Gasteiger charge is 2.40. The van der Waals surface area contributed by atoms with Crippen molar-refractivity contribution in [2.75, 3.05) is 13.1 Å². The molecule has 2 fully saturated rings. The van der Waals surface area contributed by atoms with Crippen LogP contribution in [0.1, 0.15) is 23.2 Å². The van der Waals surface area contributed by atoms with E-state index in [1.807, 2.05) is 30.3 Å². The van der Waals surface area contributed by atoms with Crippen LogP contribution >= 0.6 is 11.9 Å². The van der Waals surface area contributed by atoms with Gasteiger partial charge < -0.3 is 15.5 Å². The summed E-state index contributed by atoms with van der Waals surface area (Å²) in [6, 6.07) is 8.62. The molecule has 0 spiro atoms. The van der Waals surface area contributed by atoms with Gasteiger partial charge in [-0.25, -0.2) is 0 Å². The Balaban J connectivity index is 1.34. The Morgan fingerprint density at radius 2 is 2.18 bits per heavy atom. The zero-order chi connectivity index (χ0) is 14.9. The van der Waals surface area contributed by atoms with Gasteiger partial charge in [0, 0.05) is 29.1 Å². The predicted molar refractivity (Wildman–Crippen MR) is 85.0 cm³/mol. The highest BCUT2D eigenvalue weighted by molar-refractivity contribution is 7.97. The largest absolute Gasteiger partial charge is 0.403 e. The molecule has 1 amide bonds. The first-order valence-electron chi connectivity index (χ1n) is 7.69. The number of nitrogens with one attached hydrogen (secondary N) is 2. The molecular weight excluding hydrogens is 298 g/mol. The van der Waals surface area contributed by atoms with Gasteiger partial charge in [-0.1, -0.05) is 4.47 Å². The van der Waals surface area contributed by atoms with E-state index in [9.17, 15) is 4.79 Å². The molecule has 6 heteroatoms. The molecule has 1 saturated heterocycles. The van der Waals surface area contributed by atoms with Crippen molar-refractivity contribution in [3.8, 4) is 0 Å². The molecule has 0 aromatic heterocycles. The first-order valence-corrected chi connectivity index (χ1v) is 8.47. The third kappa shape index (κ3) is 2.86. The van der Waals surface area contributed by atoms with Gasteiger partial charge in [-0.2, -0.15) is 0 Å². The van der Waals surface area contributed by atoms with Crippen LogP contribution in [0.15, 0.2) is 41.5 Å². The fraction of sp³-hybridized carbons (Fsp3) is 0.438. The minimum Gasteiger partial charge on any atom is -0.403 e.